The average Bonchev–Trinajstić information content (AvgIpc) is 2.68. The predicted molar refractivity (Wildman–Crippen MR) is 71.3 cm³/mol. The lowest BCUT2D eigenvalue weighted by atomic mass is 10.4. The van der Waals surface area contributed by atoms with Gasteiger partial charge in [0.1, 0.15) is 0 Å². The summed E-state index contributed by atoms with van der Waals surface area (Å²) in [5, 5.41) is 9.01. The molecule has 0 aliphatic rings. The Labute approximate surface area is 112 Å². The molecule has 1 unspecified atom stereocenters. The molecule has 0 amide bonds. The molecule has 18 heavy (non-hydrogen) atoms. The number of hydrogen-bond donors (Lipinski definition) is 2. The molecule has 104 valence electrons. The molecule has 1 rings (SSSR count). The molecule has 5 nitrogen and oxygen atoms in total. The lowest BCUT2D eigenvalue weighted by molar-refractivity contribution is 0.133. The van der Waals surface area contributed by atoms with Gasteiger partial charge in [-0.3, -0.25) is 0 Å². The van der Waals surface area contributed by atoms with E-state index in [1.165, 1.54) is 17.4 Å². The van der Waals surface area contributed by atoms with E-state index in [1.54, 1.807) is 13.8 Å². The number of aliphatic hydroxyl groups is 1. The van der Waals surface area contributed by atoms with Crippen molar-refractivity contribution in [2.75, 3.05) is 13.2 Å². The molecule has 0 saturated carbocycles. The third kappa shape index (κ3) is 4.03. The molecular weight excluding hydrogens is 274 g/mol. The van der Waals surface area contributed by atoms with Gasteiger partial charge in [-0.25, -0.2) is 13.1 Å². The van der Waals surface area contributed by atoms with Gasteiger partial charge < -0.3 is 9.84 Å². The van der Waals surface area contributed by atoms with E-state index in [-0.39, 0.29) is 17.5 Å². The lowest BCUT2D eigenvalue weighted by Crippen LogP contribution is -2.36. The second kappa shape index (κ2) is 6.63. The lowest BCUT2D eigenvalue weighted by Gasteiger charge is -2.13. The molecule has 0 bridgehead atoms. The fraction of sp³-hybridized carbons (Fsp3) is 0.636. The monoisotopic (exact) mass is 293 g/mol. The number of aliphatic hydroxyl groups excluding tert-OH is 1. The number of thiophene rings is 1. The zero-order chi connectivity index (χ0) is 13.8. The maximum atomic E-state index is 12.1. The third-order valence-electron chi connectivity index (χ3n) is 2.30. The van der Waals surface area contributed by atoms with Crippen LogP contribution in [-0.4, -0.2) is 32.8 Å². The summed E-state index contributed by atoms with van der Waals surface area (Å²) in [4.78, 5) is 1.56. The molecule has 2 N–H and O–H groups in total. The third-order valence-corrected chi connectivity index (χ3v) is 5.18. The van der Waals surface area contributed by atoms with Crippen LogP contribution in [0.1, 0.15) is 23.6 Å². The van der Waals surface area contributed by atoms with E-state index in [4.69, 9.17) is 9.84 Å². The summed E-state index contributed by atoms with van der Waals surface area (Å²) in [5.41, 5.74) is 0. The number of hydrogen-bond acceptors (Lipinski definition) is 5. The minimum atomic E-state index is -3.54. The molecule has 0 aliphatic carbocycles. The van der Waals surface area contributed by atoms with Crippen molar-refractivity contribution in [3.05, 3.63) is 15.8 Å². The Hall–Kier alpha value is -0.470. The van der Waals surface area contributed by atoms with Gasteiger partial charge in [-0.1, -0.05) is 0 Å². The van der Waals surface area contributed by atoms with Gasteiger partial charge in [0.05, 0.1) is 18.1 Å². The van der Waals surface area contributed by atoms with E-state index < -0.39 is 10.0 Å². The molecular formula is C11H19NO4S2. The molecule has 7 heteroatoms. The summed E-state index contributed by atoms with van der Waals surface area (Å²) >= 11 is 1.29. The zero-order valence-corrected chi connectivity index (χ0v) is 12.4. The summed E-state index contributed by atoms with van der Waals surface area (Å²) in [6.45, 7) is 6.09. The Kier molecular flexibility index (Phi) is 5.74. The molecule has 0 aliphatic heterocycles. The summed E-state index contributed by atoms with van der Waals surface area (Å²) in [6, 6.07) is 1.22. The first kappa shape index (κ1) is 15.6. The highest BCUT2D eigenvalue weighted by molar-refractivity contribution is 7.89. The van der Waals surface area contributed by atoms with Crippen molar-refractivity contribution in [3.63, 3.8) is 0 Å². The number of nitrogens with one attached hydrogen (secondary N) is 1. The van der Waals surface area contributed by atoms with Gasteiger partial charge in [0.15, 0.2) is 0 Å². The van der Waals surface area contributed by atoms with Gasteiger partial charge in [-0.05, 0) is 26.8 Å². The Morgan fingerprint density at radius 3 is 2.72 bits per heavy atom. The SMILES string of the molecule is CCOCC(C)NS(=O)(=O)c1cc(CO)sc1C. The van der Waals surface area contributed by atoms with Crippen molar-refractivity contribution in [2.24, 2.45) is 0 Å². The average molecular weight is 293 g/mol. The van der Waals surface area contributed by atoms with Crippen molar-refractivity contribution in [2.45, 2.75) is 38.3 Å². The Balaban J connectivity index is 2.82. The molecule has 0 aromatic carbocycles. The Morgan fingerprint density at radius 1 is 1.56 bits per heavy atom. The number of rotatable bonds is 7. The normalized spacial score (nSPS) is 13.8. The standard InChI is InChI=1S/C11H19NO4S2/c1-4-16-7-8(2)12-18(14,15)11-5-10(6-13)17-9(11)3/h5,8,12-13H,4,6-7H2,1-3H3. The van der Waals surface area contributed by atoms with Crippen LogP contribution in [0.25, 0.3) is 0 Å². The second-order valence-electron chi connectivity index (χ2n) is 3.97. The number of aryl methyl sites for hydroxylation is 1. The quantitative estimate of drug-likeness (QED) is 0.793. The molecule has 1 aromatic rings. The fourth-order valence-electron chi connectivity index (χ4n) is 1.53. The highest BCUT2D eigenvalue weighted by atomic mass is 32.2. The number of ether oxygens (including phenoxy) is 1. The fourth-order valence-corrected chi connectivity index (χ4v) is 4.25. The Bertz CT molecular complexity index is 481. The minimum absolute atomic E-state index is 0.143. The van der Waals surface area contributed by atoms with Crippen molar-refractivity contribution in [3.8, 4) is 0 Å². The van der Waals surface area contributed by atoms with Crippen molar-refractivity contribution in [1.29, 1.82) is 0 Å². The van der Waals surface area contributed by atoms with Crippen LogP contribution < -0.4 is 4.72 Å². The van der Waals surface area contributed by atoms with Crippen LogP contribution in [0.5, 0.6) is 0 Å². The van der Waals surface area contributed by atoms with Gasteiger partial charge >= 0.3 is 0 Å². The smallest absolute Gasteiger partial charge is 0.241 e. The van der Waals surface area contributed by atoms with Crippen LogP contribution in [-0.2, 0) is 21.4 Å². The van der Waals surface area contributed by atoms with Crippen molar-refractivity contribution >= 4 is 21.4 Å². The van der Waals surface area contributed by atoms with Crippen LogP contribution in [0.2, 0.25) is 0 Å². The van der Waals surface area contributed by atoms with E-state index >= 15 is 0 Å². The van der Waals surface area contributed by atoms with Crippen LogP contribution in [0.4, 0.5) is 0 Å². The van der Waals surface area contributed by atoms with Crippen LogP contribution in [0, 0.1) is 6.92 Å². The van der Waals surface area contributed by atoms with Gasteiger partial charge in [0.2, 0.25) is 10.0 Å². The summed E-state index contributed by atoms with van der Waals surface area (Å²) < 4.78 is 32.0. The summed E-state index contributed by atoms with van der Waals surface area (Å²) in [7, 11) is -3.54. The molecule has 1 heterocycles. The van der Waals surface area contributed by atoms with E-state index in [9.17, 15) is 8.42 Å². The maximum Gasteiger partial charge on any atom is 0.241 e. The van der Waals surface area contributed by atoms with Crippen molar-refractivity contribution in [1.82, 2.24) is 4.72 Å². The van der Waals surface area contributed by atoms with Crippen molar-refractivity contribution < 1.29 is 18.3 Å². The first-order valence-corrected chi connectivity index (χ1v) is 8.01. The topological polar surface area (TPSA) is 75.6 Å². The first-order chi connectivity index (χ1) is 8.40. The highest BCUT2D eigenvalue weighted by Gasteiger charge is 2.21. The largest absolute Gasteiger partial charge is 0.391 e. The van der Waals surface area contributed by atoms with Gasteiger partial charge in [-0.15, -0.1) is 11.3 Å². The molecule has 0 fully saturated rings. The first-order valence-electron chi connectivity index (χ1n) is 5.71. The summed E-state index contributed by atoms with van der Waals surface area (Å²) in [6.07, 6.45) is 0. The van der Waals surface area contributed by atoms with Gasteiger partial charge in [0.25, 0.3) is 0 Å². The second-order valence-corrected chi connectivity index (χ2v) is 7.00. The van der Waals surface area contributed by atoms with Gasteiger partial charge in [0, 0.05) is 22.4 Å². The van der Waals surface area contributed by atoms with Crippen LogP contribution in [0.3, 0.4) is 0 Å². The summed E-state index contributed by atoms with van der Waals surface area (Å²) in [5.74, 6) is 0. The van der Waals surface area contributed by atoms with E-state index in [0.717, 1.165) is 0 Å². The molecule has 0 radical (unpaired) electrons. The molecule has 1 aromatic heterocycles. The van der Waals surface area contributed by atoms with Crippen LogP contribution >= 0.6 is 11.3 Å². The minimum Gasteiger partial charge on any atom is -0.391 e. The maximum absolute atomic E-state index is 12.1. The van der Waals surface area contributed by atoms with Gasteiger partial charge in [-0.2, -0.15) is 0 Å². The molecule has 1 atom stereocenters. The van der Waals surface area contributed by atoms with E-state index in [2.05, 4.69) is 4.72 Å². The predicted octanol–water partition coefficient (Wildman–Crippen LogP) is 1.25. The van der Waals surface area contributed by atoms with E-state index in [0.29, 0.717) is 23.0 Å². The van der Waals surface area contributed by atoms with E-state index in [1.807, 2.05) is 6.92 Å². The molecule has 0 spiro atoms. The molecule has 0 saturated heterocycles. The number of sulfonamides is 1. The van der Waals surface area contributed by atoms with Crippen LogP contribution in [0.15, 0.2) is 11.0 Å². The Morgan fingerprint density at radius 2 is 2.22 bits per heavy atom. The highest BCUT2D eigenvalue weighted by Crippen LogP contribution is 2.25. The zero-order valence-electron chi connectivity index (χ0n) is 10.8.